The first-order chi connectivity index (χ1) is 13.8. The number of halogens is 17. The Bertz CT molecular complexity index is 688. The molecular weight excluding hydrogens is 528 g/mol. The molecule has 0 amide bonds. The van der Waals surface area contributed by atoms with Crippen molar-refractivity contribution in [2.75, 3.05) is 6.61 Å². The van der Waals surface area contributed by atoms with Gasteiger partial charge in [-0.1, -0.05) is 0 Å². The van der Waals surface area contributed by atoms with E-state index in [-0.39, 0.29) is 0 Å². The van der Waals surface area contributed by atoms with Crippen molar-refractivity contribution in [1.29, 1.82) is 0 Å². The minimum Gasteiger partial charge on any atom is -0.367 e. The molecule has 1 aliphatic heterocycles. The van der Waals surface area contributed by atoms with Gasteiger partial charge in [0, 0.05) is 6.61 Å². The van der Waals surface area contributed by atoms with Crippen molar-refractivity contribution in [2.45, 2.75) is 66.0 Å². The third-order valence-electron chi connectivity index (χ3n) is 4.50. The first kappa shape index (κ1) is 29.1. The van der Waals surface area contributed by atoms with E-state index in [4.69, 9.17) is 5.11 Å². The first-order valence-electron chi connectivity index (χ1n) is 7.78. The minimum absolute atomic E-state index is 0.627. The van der Waals surface area contributed by atoms with Crippen molar-refractivity contribution in [3.8, 4) is 0 Å². The molecule has 32 heavy (non-hydrogen) atoms. The highest BCUT2D eigenvalue weighted by atomic mass is 35.5. The quantitative estimate of drug-likeness (QED) is 0.304. The zero-order valence-electron chi connectivity index (χ0n) is 14.6. The Hall–Kier alpha value is -0.910. The Kier molecular flexibility index (Phi) is 7.11. The second-order valence-electron chi connectivity index (χ2n) is 6.58. The molecule has 0 aromatic rings. The van der Waals surface area contributed by atoms with Gasteiger partial charge in [0.05, 0.1) is 5.92 Å². The summed E-state index contributed by atoms with van der Waals surface area (Å²) in [4.78, 5) is 0. The number of ether oxygens (including phenoxy) is 1. The lowest BCUT2D eigenvalue weighted by Gasteiger charge is -2.45. The van der Waals surface area contributed by atoms with Gasteiger partial charge < -0.3 is 9.84 Å². The maximum absolute atomic E-state index is 13.9. The molecular formula is C13H9ClF16O2. The fourth-order valence-electron chi connectivity index (χ4n) is 2.54. The van der Waals surface area contributed by atoms with E-state index in [1.54, 1.807) is 0 Å². The Labute approximate surface area is 171 Å². The van der Waals surface area contributed by atoms with E-state index in [9.17, 15) is 70.2 Å². The third kappa shape index (κ3) is 3.67. The number of aliphatic hydroxyl groups excluding tert-OH is 1. The smallest absolute Gasteiger partial charge is 0.367 e. The van der Waals surface area contributed by atoms with E-state index < -0.39 is 78.5 Å². The van der Waals surface area contributed by atoms with E-state index in [1.165, 1.54) is 0 Å². The monoisotopic (exact) mass is 536 g/mol. The Morgan fingerprint density at radius 2 is 0.938 bits per heavy atom. The van der Waals surface area contributed by atoms with Crippen molar-refractivity contribution in [3.05, 3.63) is 0 Å². The molecule has 0 unspecified atom stereocenters. The lowest BCUT2D eigenvalue weighted by molar-refractivity contribution is -0.454. The summed E-state index contributed by atoms with van der Waals surface area (Å²) in [6.07, 6.45) is -5.08. The molecule has 0 aromatic carbocycles. The highest BCUT2D eigenvalue weighted by Gasteiger charge is 2.95. The van der Waals surface area contributed by atoms with Gasteiger partial charge in [0.1, 0.15) is 0 Å². The van der Waals surface area contributed by atoms with Gasteiger partial charge in [-0.25, -0.2) is 0 Å². The van der Waals surface area contributed by atoms with E-state index in [0.717, 1.165) is 0 Å². The Balaban J connectivity index is 3.61. The number of rotatable bonds is 8. The molecule has 1 heterocycles. The van der Waals surface area contributed by atoms with Crippen LogP contribution in [0.25, 0.3) is 0 Å². The van der Waals surface area contributed by atoms with Crippen LogP contribution < -0.4 is 0 Å². The number of hydrogen-bond acceptors (Lipinski definition) is 2. The highest BCUT2D eigenvalue weighted by molar-refractivity contribution is 6.22. The van der Waals surface area contributed by atoms with Gasteiger partial charge in [-0.2, -0.15) is 70.2 Å². The van der Waals surface area contributed by atoms with Crippen LogP contribution in [0.2, 0.25) is 0 Å². The van der Waals surface area contributed by atoms with Gasteiger partial charge in [-0.15, -0.1) is 0 Å². The molecule has 0 radical (unpaired) electrons. The van der Waals surface area contributed by atoms with Crippen molar-refractivity contribution in [1.82, 2.24) is 0 Å². The molecule has 0 aliphatic carbocycles. The van der Waals surface area contributed by atoms with Crippen molar-refractivity contribution in [2.24, 2.45) is 5.92 Å². The molecule has 2 nitrogen and oxygen atoms in total. The van der Waals surface area contributed by atoms with Crippen LogP contribution in [-0.2, 0) is 4.74 Å². The lowest BCUT2D eigenvalue weighted by Crippen LogP contribution is -2.75. The molecule has 0 saturated carbocycles. The van der Waals surface area contributed by atoms with Crippen molar-refractivity contribution < 1.29 is 80.1 Å². The summed E-state index contributed by atoms with van der Waals surface area (Å²) in [5, 5.41) is 2.27. The second-order valence-corrected chi connectivity index (χ2v) is 7.05. The standard InChI is InChI=1S/C13H9ClF16O2/c14-13(29,30)12(27,28)11(25,26)10(23,24)9(21,22)8(19,20)7(17,18)6(15,16)4-2-1-3-32-5(4)31/h4-5,31H,1-3H2/t4-,5+/m1/s1. The third-order valence-corrected chi connectivity index (χ3v) is 4.74. The van der Waals surface area contributed by atoms with Gasteiger partial charge in [-0.3, -0.25) is 0 Å². The Morgan fingerprint density at radius 3 is 1.28 bits per heavy atom. The molecule has 0 aromatic heterocycles. The number of aliphatic hydroxyl groups is 1. The lowest BCUT2D eigenvalue weighted by atomic mass is 9.82. The molecule has 1 aliphatic rings. The molecule has 1 rings (SSSR count). The molecule has 1 saturated heterocycles. The van der Waals surface area contributed by atoms with Gasteiger partial charge in [-0.05, 0) is 24.4 Å². The zero-order valence-corrected chi connectivity index (χ0v) is 15.3. The second kappa shape index (κ2) is 7.81. The average Bonchev–Trinajstić information content (AvgIpc) is 2.59. The molecule has 0 spiro atoms. The van der Waals surface area contributed by atoms with E-state index in [1.807, 2.05) is 0 Å². The molecule has 0 bridgehead atoms. The molecule has 1 fully saturated rings. The van der Waals surface area contributed by atoms with Crippen LogP contribution in [0.5, 0.6) is 0 Å². The first-order valence-corrected chi connectivity index (χ1v) is 8.15. The van der Waals surface area contributed by atoms with E-state index in [0.29, 0.717) is 0 Å². The van der Waals surface area contributed by atoms with Gasteiger partial charge in [0.25, 0.3) is 0 Å². The van der Waals surface area contributed by atoms with Crippen molar-refractivity contribution in [3.63, 3.8) is 0 Å². The zero-order chi connectivity index (χ0) is 26.0. The topological polar surface area (TPSA) is 29.5 Å². The van der Waals surface area contributed by atoms with Crippen LogP contribution in [0.15, 0.2) is 0 Å². The summed E-state index contributed by atoms with van der Waals surface area (Å²) >= 11 is 3.42. The molecule has 1 N–H and O–H groups in total. The summed E-state index contributed by atoms with van der Waals surface area (Å²) in [6, 6.07) is 0. The van der Waals surface area contributed by atoms with Crippen LogP contribution >= 0.6 is 11.6 Å². The predicted octanol–water partition coefficient (Wildman–Crippen LogP) is 6.01. The van der Waals surface area contributed by atoms with Gasteiger partial charge >= 0.3 is 46.8 Å². The van der Waals surface area contributed by atoms with E-state index >= 15 is 0 Å². The van der Waals surface area contributed by atoms with Gasteiger partial charge in [0.15, 0.2) is 6.29 Å². The highest BCUT2D eigenvalue weighted by Crippen LogP contribution is 2.65. The largest absolute Gasteiger partial charge is 0.393 e. The number of hydrogen-bond donors (Lipinski definition) is 1. The molecule has 192 valence electrons. The summed E-state index contributed by atoms with van der Waals surface area (Å²) in [6.45, 7) is -0.627. The van der Waals surface area contributed by atoms with Crippen molar-refractivity contribution >= 4 is 11.6 Å². The normalized spacial score (nSPS) is 23.4. The fraction of sp³-hybridized carbons (Fsp3) is 1.00. The fourth-order valence-corrected chi connectivity index (χ4v) is 2.65. The van der Waals surface area contributed by atoms with Crippen LogP contribution in [-0.4, -0.2) is 64.8 Å². The minimum atomic E-state index is -8.51. The van der Waals surface area contributed by atoms with Crippen LogP contribution in [0.3, 0.4) is 0 Å². The SMILES string of the molecule is O[C@H]1OCCC[C@H]1C(F)(F)C(F)(F)C(F)(F)C(F)(F)C(F)(F)C(F)(F)C(F)(F)C(F)(F)Cl. The predicted molar refractivity (Wildman–Crippen MR) is 70.1 cm³/mol. The molecule has 2 atom stereocenters. The molecule has 19 heteroatoms. The Morgan fingerprint density at radius 1 is 0.594 bits per heavy atom. The summed E-state index contributed by atoms with van der Waals surface area (Å²) in [5.74, 6) is -59.2. The summed E-state index contributed by atoms with van der Waals surface area (Å²) < 4.78 is 218. The van der Waals surface area contributed by atoms with E-state index in [2.05, 4.69) is 16.3 Å². The summed E-state index contributed by atoms with van der Waals surface area (Å²) in [5.41, 5.74) is 0. The van der Waals surface area contributed by atoms with Crippen LogP contribution in [0.1, 0.15) is 12.8 Å². The average molecular weight is 537 g/mol. The summed E-state index contributed by atoms with van der Waals surface area (Å²) in [7, 11) is 0. The van der Waals surface area contributed by atoms with Crippen LogP contribution in [0, 0.1) is 5.92 Å². The van der Waals surface area contributed by atoms with Gasteiger partial charge in [0.2, 0.25) is 0 Å². The van der Waals surface area contributed by atoms with Crippen LogP contribution in [0.4, 0.5) is 70.2 Å². The maximum Gasteiger partial charge on any atom is 0.393 e. The maximum atomic E-state index is 13.9. The number of alkyl halides is 17.